The van der Waals surface area contributed by atoms with Crippen LogP contribution in [0.5, 0.6) is 0 Å². The van der Waals surface area contributed by atoms with Gasteiger partial charge in [-0.3, -0.25) is 4.90 Å². The van der Waals surface area contributed by atoms with E-state index in [1.165, 1.54) is 5.57 Å². The summed E-state index contributed by atoms with van der Waals surface area (Å²) in [5.41, 5.74) is 0.672. The first-order valence-corrected chi connectivity index (χ1v) is 13.1. The average molecular weight is 497 g/mol. The summed E-state index contributed by atoms with van der Waals surface area (Å²) in [6.07, 6.45) is 3.82. The summed E-state index contributed by atoms with van der Waals surface area (Å²) in [7, 11) is 1.69. The third-order valence-corrected chi connectivity index (χ3v) is 9.50. The number of ether oxygens (including phenoxy) is 4. The van der Waals surface area contributed by atoms with Crippen LogP contribution in [-0.2, 0) is 18.9 Å². The van der Waals surface area contributed by atoms with E-state index in [1.807, 2.05) is 4.90 Å². The van der Waals surface area contributed by atoms with Crippen LogP contribution in [0, 0.1) is 23.7 Å². The molecule has 0 aromatic carbocycles. The predicted octanol–water partition coefficient (Wildman–Crippen LogP) is 3.33. The number of fused-ring (bicyclic) bond motifs is 1. The van der Waals surface area contributed by atoms with Gasteiger partial charge in [0.15, 0.2) is 0 Å². The molecule has 0 aromatic heterocycles. The summed E-state index contributed by atoms with van der Waals surface area (Å²) >= 11 is 0. The molecule has 1 spiro atoms. The molecule has 0 N–H and O–H groups in total. The molecule has 9 atom stereocenters. The number of hydrogen-bond donors (Lipinski definition) is 0. The van der Waals surface area contributed by atoms with E-state index >= 15 is 0 Å². The quantitative estimate of drug-likeness (QED) is 0.398. The van der Waals surface area contributed by atoms with Crippen molar-refractivity contribution >= 4 is 6.09 Å². The first-order chi connectivity index (χ1) is 16.6. The summed E-state index contributed by atoms with van der Waals surface area (Å²) < 4.78 is 50.5. The molecular weight excluding hydrogens is 458 g/mol. The number of carbonyl (C=O) groups is 1. The van der Waals surface area contributed by atoms with Gasteiger partial charge in [-0.05, 0) is 57.8 Å². The molecule has 196 valence electrons. The highest BCUT2D eigenvalue weighted by atomic mass is 19.3. The third-order valence-electron chi connectivity index (χ3n) is 9.50. The molecule has 35 heavy (non-hydrogen) atoms. The molecule has 7 nitrogen and oxygen atoms in total. The maximum Gasteiger partial charge on any atom is 0.410 e. The largest absolute Gasteiger partial charge is 0.443 e. The lowest BCUT2D eigenvalue weighted by Gasteiger charge is -2.43. The molecule has 2 aliphatic carbocycles. The molecule has 4 heterocycles. The van der Waals surface area contributed by atoms with E-state index < -0.39 is 5.92 Å². The molecule has 0 bridgehead atoms. The summed E-state index contributed by atoms with van der Waals surface area (Å²) in [6, 6.07) is 0. The van der Waals surface area contributed by atoms with Gasteiger partial charge in [0.2, 0.25) is 0 Å². The topological polar surface area (TPSA) is 67.1 Å². The molecule has 0 aromatic rings. The standard InChI is InChI=1S/C26H38F2N2O5/c1-15(2)5-6-20-24(3,35-20)22-21(32-4)19(7-8-25(22)14-33-25)34-23(31)30-10-17-16(18(17)11-30)9-29-12-26(27,28)13-29/h5,16-22H,6-14H2,1-4H3/t16-,17-,18+,19-,20-,21-,22-,24+,25+/m1/s1. The number of piperidine rings is 1. The Hall–Kier alpha value is -1.29. The number of epoxide rings is 2. The normalized spacial score (nSPS) is 47.1. The van der Waals surface area contributed by atoms with Crippen LogP contribution in [0.25, 0.3) is 0 Å². The van der Waals surface area contributed by atoms with Gasteiger partial charge in [-0.25, -0.2) is 13.6 Å². The second-order valence-electron chi connectivity index (χ2n) is 12.2. The molecule has 4 aliphatic heterocycles. The number of likely N-dealkylation sites (tertiary alicyclic amines) is 2. The van der Waals surface area contributed by atoms with Gasteiger partial charge in [-0.1, -0.05) is 11.6 Å². The van der Waals surface area contributed by atoms with Gasteiger partial charge in [-0.2, -0.15) is 0 Å². The highest BCUT2D eigenvalue weighted by molar-refractivity contribution is 5.68. The van der Waals surface area contributed by atoms with Crippen molar-refractivity contribution in [2.75, 3.05) is 46.4 Å². The van der Waals surface area contributed by atoms with Crippen molar-refractivity contribution in [3.05, 3.63) is 11.6 Å². The van der Waals surface area contributed by atoms with E-state index in [2.05, 4.69) is 26.8 Å². The minimum absolute atomic E-state index is 0.00753. The van der Waals surface area contributed by atoms with Crippen LogP contribution >= 0.6 is 0 Å². The number of halogens is 2. The van der Waals surface area contributed by atoms with Crippen LogP contribution < -0.4 is 0 Å². The van der Waals surface area contributed by atoms with Crippen LogP contribution in [0.4, 0.5) is 13.6 Å². The maximum atomic E-state index is 13.1. The van der Waals surface area contributed by atoms with Gasteiger partial charge in [-0.15, -0.1) is 0 Å². The molecule has 6 aliphatic rings. The monoisotopic (exact) mass is 496 g/mol. The Morgan fingerprint density at radius 1 is 1.20 bits per heavy atom. The van der Waals surface area contributed by atoms with Gasteiger partial charge in [0.1, 0.15) is 23.4 Å². The van der Waals surface area contributed by atoms with Crippen LogP contribution in [0.2, 0.25) is 0 Å². The zero-order chi connectivity index (χ0) is 24.8. The number of hydrogen-bond acceptors (Lipinski definition) is 6. The Morgan fingerprint density at radius 3 is 2.46 bits per heavy atom. The molecule has 0 unspecified atom stereocenters. The fourth-order valence-corrected chi connectivity index (χ4v) is 7.38. The zero-order valence-corrected chi connectivity index (χ0v) is 21.2. The Bertz CT molecular complexity index is 886. The van der Waals surface area contributed by atoms with E-state index in [0.29, 0.717) is 43.9 Å². The van der Waals surface area contributed by atoms with Crippen LogP contribution in [-0.4, -0.2) is 97.8 Å². The fraction of sp³-hybridized carbons (Fsp3) is 0.885. The van der Waals surface area contributed by atoms with E-state index in [9.17, 15) is 13.6 Å². The minimum atomic E-state index is -2.52. The average Bonchev–Trinajstić information content (AvgIpc) is 3.73. The van der Waals surface area contributed by atoms with E-state index in [1.54, 1.807) is 12.0 Å². The summed E-state index contributed by atoms with van der Waals surface area (Å²) in [5, 5.41) is 0. The Labute approximate surface area is 206 Å². The number of carbonyl (C=O) groups excluding carboxylic acids is 1. The van der Waals surface area contributed by atoms with Crippen LogP contribution in [0.3, 0.4) is 0 Å². The molecule has 0 radical (unpaired) electrons. The molecule has 6 rings (SSSR count). The second-order valence-corrected chi connectivity index (χ2v) is 12.2. The van der Waals surface area contributed by atoms with Crippen molar-refractivity contribution in [1.29, 1.82) is 0 Å². The van der Waals surface area contributed by atoms with E-state index in [4.69, 9.17) is 18.9 Å². The Morgan fingerprint density at radius 2 is 1.89 bits per heavy atom. The van der Waals surface area contributed by atoms with Gasteiger partial charge < -0.3 is 23.8 Å². The van der Waals surface area contributed by atoms with Crippen molar-refractivity contribution in [1.82, 2.24) is 9.80 Å². The van der Waals surface area contributed by atoms with Gasteiger partial charge in [0, 0.05) is 26.7 Å². The van der Waals surface area contributed by atoms with Crippen molar-refractivity contribution < 1.29 is 32.5 Å². The van der Waals surface area contributed by atoms with Crippen molar-refractivity contribution in [2.45, 2.75) is 75.5 Å². The molecule has 1 amide bonds. The minimum Gasteiger partial charge on any atom is -0.443 e. The Kier molecular flexibility index (Phi) is 5.57. The third kappa shape index (κ3) is 4.20. The van der Waals surface area contributed by atoms with Crippen molar-refractivity contribution in [3.8, 4) is 0 Å². The highest BCUT2D eigenvalue weighted by Crippen LogP contribution is 2.60. The predicted molar refractivity (Wildman–Crippen MR) is 123 cm³/mol. The van der Waals surface area contributed by atoms with Gasteiger partial charge >= 0.3 is 6.09 Å². The molecule has 4 saturated heterocycles. The number of methoxy groups -OCH3 is 1. The van der Waals surface area contributed by atoms with E-state index in [0.717, 1.165) is 19.4 Å². The number of rotatable bonds is 7. The smallest absolute Gasteiger partial charge is 0.410 e. The van der Waals surface area contributed by atoms with Gasteiger partial charge in [0.25, 0.3) is 5.92 Å². The lowest BCUT2D eigenvalue weighted by molar-refractivity contribution is -0.132. The number of allylic oxidation sites excluding steroid dienone is 1. The molecule has 2 saturated carbocycles. The lowest BCUT2D eigenvalue weighted by Crippen LogP contribution is -2.57. The number of alkyl halides is 2. The highest BCUT2D eigenvalue weighted by Gasteiger charge is 2.72. The van der Waals surface area contributed by atoms with Gasteiger partial charge in [0.05, 0.1) is 31.7 Å². The van der Waals surface area contributed by atoms with Crippen molar-refractivity contribution in [2.24, 2.45) is 23.7 Å². The first kappa shape index (κ1) is 24.1. The van der Waals surface area contributed by atoms with E-state index in [-0.39, 0.29) is 54.6 Å². The summed E-state index contributed by atoms with van der Waals surface area (Å²) in [5.74, 6) is -1.27. The lowest BCUT2D eigenvalue weighted by atomic mass is 9.68. The molecular formula is C26H38F2N2O5. The first-order valence-electron chi connectivity index (χ1n) is 13.1. The fourth-order valence-electron chi connectivity index (χ4n) is 7.38. The zero-order valence-electron chi connectivity index (χ0n) is 21.2. The summed E-state index contributed by atoms with van der Waals surface area (Å²) in [4.78, 5) is 16.7. The number of nitrogens with zero attached hydrogens (tertiary/aromatic N) is 2. The molecule has 6 fully saturated rings. The summed E-state index contributed by atoms with van der Waals surface area (Å²) in [6.45, 7) is 8.81. The second kappa shape index (κ2) is 8.10. The van der Waals surface area contributed by atoms with Crippen LogP contribution in [0.1, 0.15) is 40.0 Å². The van der Waals surface area contributed by atoms with Crippen LogP contribution in [0.15, 0.2) is 11.6 Å². The molecule has 9 heteroatoms. The van der Waals surface area contributed by atoms with Crippen molar-refractivity contribution in [3.63, 3.8) is 0 Å². The number of amides is 1. The maximum absolute atomic E-state index is 13.1. The Balaban J connectivity index is 1.05. The SMILES string of the molecule is CO[C@@H]1[C@H](OC(=O)N2C[C@@H]3[C@@H](CN4CC(F)(F)C4)[C@@H]3C2)CC[C@]2(CO2)[C@H]1[C@@]1(C)O[C@@H]1CC=C(C)C.